The number of carbonyl (C=O) groups is 4. The molecule has 1 aromatic carbocycles. The number of carbonyl (C=O) groups excluding carboxylic acids is 3. The summed E-state index contributed by atoms with van der Waals surface area (Å²) in [5.41, 5.74) is 0.182. The zero-order valence-corrected chi connectivity index (χ0v) is 16.6. The molecule has 0 unspecified atom stereocenters. The average Bonchev–Trinajstić information content (AvgIpc) is 2.71. The summed E-state index contributed by atoms with van der Waals surface area (Å²) in [6, 6.07) is 4.46. The van der Waals surface area contributed by atoms with Crippen LogP contribution in [0.1, 0.15) is 43.5 Å². The molecule has 4 N–H and O–H groups in total. The highest BCUT2D eigenvalue weighted by Crippen LogP contribution is 2.18. The van der Waals surface area contributed by atoms with E-state index in [1.807, 2.05) is 13.8 Å². The van der Waals surface area contributed by atoms with Gasteiger partial charge in [-0.25, -0.2) is 4.79 Å². The van der Waals surface area contributed by atoms with E-state index in [0.29, 0.717) is 6.42 Å². The van der Waals surface area contributed by atoms with Gasteiger partial charge in [-0.1, -0.05) is 32.4 Å². The summed E-state index contributed by atoms with van der Waals surface area (Å²) in [5.74, 6) is -2.45. The summed E-state index contributed by atoms with van der Waals surface area (Å²) in [6.45, 7) is 4.07. The van der Waals surface area contributed by atoms with Crippen LogP contribution < -0.4 is 20.7 Å². The van der Waals surface area contributed by atoms with Crippen LogP contribution >= 0.6 is 0 Å². The molecule has 2 rings (SSSR count). The van der Waals surface area contributed by atoms with Crippen molar-refractivity contribution >= 4 is 23.7 Å². The molecule has 1 aromatic rings. The Labute approximate surface area is 169 Å². The Kier molecular flexibility index (Phi) is 7.99. The number of hydrogen-bond acceptors (Lipinski definition) is 5. The van der Waals surface area contributed by atoms with Gasteiger partial charge in [0.2, 0.25) is 11.8 Å². The highest BCUT2D eigenvalue weighted by molar-refractivity contribution is 5.99. The van der Waals surface area contributed by atoms with Crippen molar-refractivity contribution in [3.63, 3.8) is 0 Å². The topological polar surface area (TPSA) is 134 Å². The number of benzene rings is 1. The molecule has 9 nitrogen and oxygen atoms in total. The first-order valence-corrected chi connectivity index (χ1v) is 9.66. The SMILES string of the molecule is CC[C@@H](C)[C@@H]1NC(=O)CC[C@@H](C(=O)O)NC(=O)c2ccccc2OCCNC1=O. The second kappa shape index (κ2) is 10.4. The van der Waals surface area contributed by atoms with Gasteiger partial charge in [0.05, 0.1) is 12.1 Å². The zero-order chi connectivity index (χ0) is 21.4. The van der Waals surface area contributed by atoms with Gasteiger partial charge in [0, 0.05) is 6.42 Å². The number of carboxylic acids is 1. The van der Waals surface area contributed by atoms with Gasteiger partial charge in [-0.3, -0.25) is 14.4 Å². The average molecular weight is 405 g/mol. The number of aliphatic carboxylic acids is 1. The molecule has 1 heterocycles. The van der Waals surface area contributed by atoms with Crippen LogP contribution in [0.25, 0.3) is 0 Å². The Balaban J connectivity index is 2.27. The van der Waals surface area contributed by atoms with Gasteiger partial charge in [-0.2, -0.15) is 0 Å². The summed E-state index contributed by atoms with van der Waals surface area (Å²) in [6.07, 6.45) is 0.427. The maximum absolute atomic E-state index is 12.5. The number of fused-ring (bicyclic) bond motifs is 1. The number of para-hydroxylation sites is 1. The second-order valence-corrected chi connectivity index (χ2v) is 6.97. The Morgan fingerprint density at radius 2 is 1.97 bits per heavy atom. The molecule has 1 aliphatic rings. The predicted octanol–water partition coefficient (Wildman–Crippen LogP) is 0.689. The molecular weight excluding hydrogens is 378 g/mol. The van der Waals surface area contributed by atoms with E-state index < -0.39 is 29.9 Å². The van der Waals surface area contributed by atoms with Crippen molar-refractivity contribution in [1.29, 1.82) is 0 Å². The molecule has 158 valence electrons. The molecule has 0 spiro atoms. The van der Waals surface area contributed by atoms with Crippen LogP contribution in [0.15, 0.2) is 24.3 Å². The van der Waals surface area contributed by atoms with Gasteiger partial charge >= 0.3 is 5.97 Å². The summed E-state index contributed by atoms with van der Waals surface area (Å²) in [7, 11) is 0. The molecule has 29 heavy (non-hydrogen) atoms. The van der Waals surface area contributed by atoms with E-state index in [-0.39, 0.29) is 49.1 Å². The molecule has 0 saturated heterocycles. The van der Waals surface area contributed by atoms with Crippen molar-refractivity contribution in [3.05, 3.63) is 29.8 Å². The Morgan fingerprint density at radius 3 is 2.66 bits per heavy atom. The van der Waals surface area contributed by atoms with E-state index in [0.717, 1.165) is 0 Å². The minimum Gasteiger partial charge on any atom is -0.491 e. The lowest BCUT2D eigenvalue weighted by molar-refractivity contribution is -0.139. The van der Waals surface area contributed by atoms with E-state index in [9.17, 15) is 24.3 Å². The minimum absolute atomic E-state index is 0.105. The molecule has 1 aliphatic heterocycles. The molecule has 3 amide bonds. The molecular formula is C20H27N3O6. The number of rotatable bonds is 3. The highest BCUT2D eigenvalue weighted by atomic mass is 16.5. The third-order valence-electron chi connectivity index (χ3n) is 4.87. The normalized spacial score (nSPS) is 22.5. The first-order chi connectivity index (χ1) is 13.8. The first kappa shape index (κ1) is 22.2. The number of carboxylic acid groups (broad SMARTS) is 1. The fourth-order valence-electron chi connectivity index (χ4n) is 2.94. The molecule has 0 aromatic heterocycles. The first-order valence-electron chi connectivity index (χ1n) is 9.66. The van der Waals surface area contributed by atoms with Crippen LogP contribution in [0.4, 0.5) is 0 Å². The van der Waals surface area contributed by atoms with E-state index in [4.69, 9.17) is 4.74 Å². The lowest BCUT2D eigenvalue weighted by Gasteiger charge is -2.23. The number of hydrogen-bond donors (Lipinski definition) is 4. The largest absolute Gasteiger partial charge is 0.491 e. The van der Waals surface area contributed by atoms with Crippen molar-refractivity contribution in [2.24, 2.45) is 5.92 Å². The molecule has 3 atom stereocenters. The van der Waals surface area contributed by atoms with Crippen molar-refractivity contribution in [2.45, 2.75) is 45.2 Å². The van der Waals surface area contributed by atoms with Crippen molar-refractivity contribution in [2.75, 3.05) is 13.2 Å². The quantitative estimate of drug-likeness (QED) is 0.585. The van der Waals surface area contributed by atoms with Crippen LogP contribution in [-0.2, 0) is 14.4 Å². The van der Waals surface area contributed by atoms with Crippen LogP contribution in [0.3, 0.4) is 0 Å². The van der Waals surface area contributed by atoms with Gasteiger partial charge in [0.1, 0.15) is 24.4 Å². The van der Waals surface area contributed by atoms with Gasteiger partial charge in [0.25, 0.3) is 5.91 Å². The van der Waals surface area contributed by atoms with E-state index in [1.54, 1.807) is 18.2 Å². The van der Waals surface area contributed by atoms with Gasteiger partial charge < -0.3 is 25.8 Å². The van der Waals surface area contributed by atoms with Crippen LogP contribution in [0, 0.1) is 5.92 Å². The number of amides is 3. The Hall–Kier alpha value is -3.10. The summed E-state index contributed by atoms with van der Waals surface area (Å²) in [5, 5.41) is 17.3. The van der Waals surface area contributed by atoms with Crippen molar-refractivity contribution < 1.29 is 29.0 Å². The van der Waals surface area contributed by atoms with E-state index >= 15 is 0 Å². The summed E-state index contributed by atoms with van der Waals surface area (Å²) in [4.78, 5) is 48.9. The lowest BCUT2D eigenvalue weighted by Crippen LogP contribution is -2.51. The van der Waals surface area contributed by atoms with Crippen molar-refractivity contribution in [1.82, 2.24) is 16.0 Å². The summed E-state index contributed by atoms with van der Waals surface area (Å²) >= 11 is 0. The molecule has 0 radical (unpaired) electrons. The fourth-order valence-corrected chi connectivity index (χ4v) is 2.94. The monoisotopic (exact) mass is 405 g/mol. The zero-order valence-electron chi connectivity index (χ0n) is 16.6. The molecule has 0 aliphatic carbocycles. The van der Waals surface area contributed by atoms with E-state index in [1.165, 1.54) is 6.07 Å². The molecule has 0 bridgehead atoms. The van der Waals surface area contributed by atoms with Crippen LogP contribution in [0.2, 0.25) is 0 Å². The molecule has 9 heteroatoms. The van der Waals surface area contributed by atoms with Gasteiger partial charge in [-0.15, -0.1) is 0 Å². The maximum atomic E-state index is 12.5. The van der Waals surface area contributed by atoms with Crippen LogP contribution in [-0.4, -0.2) is 54.0 Å². The number of nitrogens with one attached hydrogen (secondary N) is 3. The second-order valence-electron chi connectivity index (χ2n) is 6.97. The third-order valence-corrected chi connectivity index (χ3v) is 4.87. The Morgan fingerprint density at radius 1 is 1.24 bits per heavy atom. The standard InChI is InChI=1S/C20H27N3O6/c1-3-12(2)17-19(26)21-10-11-29-15-7-5-4-6-13(15)18(25)22-14(20(27)28)8-9-16(24)23-17/h4-7,12,14,17H,3,8-11H2,1-2H3,(H,21,26)(H,22,25)(H,23,24)(H,27,28)/t12-,14+,17+/m1/s1. The highest BCUT2D eigenvalue weighted by Gasteiger charge is 2.28. The van der Waals surface area contributed by atoms with Gasteiger partial charge in [-0.05, 0) is 24.5 Å². The Bertz CT molecular complexity index is 766. The third kappa shape index (κ3) is 6.20. The minimum atomic E-state index is -1.25. The lowest BCUT2D eigenvalue weighted by atomic mass is 9.98. The smallest absolute Gasteiger partial charge is 0.326 e. The number of ether oxygens (including phenoxy) is 1. The van der Waals surface area contributed by atoms with E-state index in [2.05, 4.69) is 16.0 Å². The predicted molar refractivity (Wildman–Crippen MR) is 104 cm³/mol. The summed E-state index contributed by atoms with van der Waals surface area (Å²) < 4.78 is 5.61. The van der Waals surface area contributed by atoms with Gasteiger partial charge in [0.15, 0.2) is 0 Å². The molecule has 0 saturated carbocycles. The maximum Gasteiger partial charge on any atom is 0.326 e. The van der Waals surface area contributed by atoms with Crippen molar-refractivity contribution in [3.8, 4) is 5.75 Å². The molecule has 0 fully saturated rings. The fraction of sp³-hybridized carbons (Fsp3) is 0.500. The van der Waals surface area contributed by atoms with Crippen LogP contribution in [0.5, 0.6) is 5.75 Å².